The molecule has 4 aromatic rings. The Bertz CT molecular complexity index is 1390. The van der Waals surface area contributed by atoms with Crippen molar-refractivity contribution in [1.29, 1.82) is 0 Å². The van der Waals surface area contributed by atoms with Gasteiger partial charge >= 0.3 is 0 Å². The summed E-state index contributed by atoms with van der Waals surface area (Å²) in [4.78, 5) is 28.6. The lowest BCUT2D eigenvalue weighted by molar-refractivity contribution is -0.136. The Morgan fingerprint density at radius 3 is 2.48 bits per heavy atom. The summed E-state index contributed by atoms with van der Waals surface area (Å²) in [6.07, 6.45) is -0.326. The SMILES string of the molecule is Cc1ccc(CN2C(=O)C(O)(CC(=O)c3cccc4ccccc34)c3cc(Br)ccc32)cc1. The molecule has 5 rings (SSSR count). The van der Waals surface area contributed by atoms with Crippen LogP contribution in [-0.4, -0.2) is 16.8 Å². The predicted molar refractivity (Wildman–Crippen MR) is 133 cm³/mol. The number of fused-ring (bicyclic) bond motifs is 2. The Kier molecular flexibility index (Phi) is 5.39. The van der Waals surface area contributed by atoms with E-state index in [0.717, 1.165) is 26.4 Å². The van der Waals surface area contributed by atoms with E-state index < -0.39 is 11.5 Å². The summed E-state index contributed by atoms with van der Waals surface area (Å²) in [5.74, 6) is -0.754. The van der Waals surface area contributed by atoms with Crippen LogP contribution in [0.4, 0.5) is 5.69 Å². The van der Waals surface area contributed by atoms with E-state index in [1.165, 1.54) is 0 Å². The number of ketones is 1. The largest absolute Gasteiger partial charge is 0.375 e. The first-order valence-electron chi connectivity index (χ1n) is 10.8. The average molecular weight is 500 g/mol. The van der Waals surface area contributed by atoms with Crippen LogP contribution < -0.4 is 4.90 Å². The van der Waals surface area contributed by atoms with Gasteiger partial charge in [-0.05, 0) is 41.5 Å². The first kappa shape index (κ1) is 21.6. The molecule has 1 N–H and O–H groups in total. The second-order valence-electron chi connectivity index (χ2n) is 8.53. The molecule has 4 aromatic carbocycles. The topological polar surface area (TPSA) is 57.6 Å². The monoisotopic (exact) mass is 499 g/mol. The number of nitrogens with zero attached hydrogens (tertiary/aromatic N) is 1. The minimum Gasteiger partial charge on any atom is -0.375 e. The maximum atomic E-state index is 13.6. The fourth-order valence-electron chi connectivity index (χ4n) is 4.52. The number of aliphatic hydroxyl groups is 1. The maximum absolute atomic E-state index is 13.6. The third-order valence-electron chi connectivity index (χ3n) is 6.26. The molecule has 1 atom stereocenters. The molecule has 5 heteroatoms. The molecule has 0 saturated heterocycles. The predicted octanol–water partition coefficient (Wildman–Crippen LogP) is 5.92. The van der Waals surface area contributed by atoms with Crippen molar-refractivity contribution in [2.45, 2.75) is 25.5 Å². The van der Waals surface area contributed by atoms with Crippen molar-refractivity contribution in [1.82, 2.24) is 0 Å². The Balaban J connectivity index is 1.53. The number of anilines is 1. The van der Waals surface area contributed by atoms with E-state index in [-0.39, 0.29) is 12.2 Å². The van der Waals surface area contributed by atoms with Gasteiger partial charge in [0.25, 0.3) is 5.91 Å². The van der Waals surface area contributed by atoms with Gasteiger partial charge in [-0.25, -0.2) is 0 Å². The van der Waals surface area contributed by atoms with Crippen LogP contribution in [0.1, 0.15) is 33.5 Å². The van der Waals surface area contributed by atoms with Crippen molar-refractivity contribution < 1.29 is 14.7 Å². The molecule has 0 aromatic heterocycles. The van der Waals surface area contributed by atoms with E-state index in [0.29, 0.717) is 23.4 Å². The standard InChI is InChI=1S/C28H22BrNO3/c1-18-9-11-19(12-10-18)17-30-25-14-13-21(29)15-24(25)28(33,27(30)32)16-26(31)23-8-4-6-20-5-2-3-7-22(20)23/h2-15,33H,16-17H2,1H3. The molecule has 33 heavy (non-hydrogen) atoms. The summed E-state index contributed by atoms with van der Waals surface area (Å²) in [5.41, 5.74) is 1.72. The maximum Gasteiger partial charge on any atom is 0.264 e. The molecule has 0 saturated carbocycles. The summed E-state index contributed by atoms with van der Waals surface area (Å²) in [6, 6.07) is 26.5. The van der Waals surface area contributed by atoms with E-state index in [9.17, 15) is 14.7 Å². The summed E-state index contributed by atoms with van der Waals surface area (Å²) in [6.45, 7) is 2.33. The smallest absolute Gasteiger partial charge is 0.264 e. The first-order chi connectivity index (χ1) is 15.9. The van der Waals surface area contributed by atoms with Gasteiger partial charge in [-0.3, -0.25) is 9.59 Å². The van der Waals surface area contributed by atoms with E-state index in [2.05, 4.69) is 15.9 Å². The fraction of sp³-hybridized carbons (Fsp3) is 0.143. The van der Waals surface area contributed by atoms with Crippen molar-refractivity contribution in [3.05, 3.63) is 112 Å². The molecule has 0 radical (unpaired) electrons. The van der Waals surface area contributed by atoms with Crippen LogP contribution in [0.15, 0.2) is 89.4 Å². The van der Waals surface area contributed by atoms with Crippen LogP contribution in [0.25, 0.3) is 10.8 Å². The van der Waals surface area contributed by atoms with Gasteiger partial charge in [0.05, 0.1) is 18.7 Å². The molecule has 1 aliphatic heterocycles. The van der Waals surface area contributed by atoms with E-state index in [4.69, 9.17) is 0 Å². The summed E-state index contributed by atoms with van der Waals surface area (Å²) in [5, 5.41) is 13.5. The van der Waals surface area contributed by atoms with Crippen LogP contribution in [0.5, 0.6) is 0 Å². The van der Waals surface area contributed by atoms with Crippen LogP contribution in [0.3, 0.4) is 0 Å². The third-order valence-corrected chi connectivity index (χ3v) is 6.75. The number of carbonyl (C=O) groups excluding carboxylic acids is 2. The lowest BCUT2D eigenvalue weighted by Gasteiger charge is -2.23. The molecule has 4 nitrogen and oxygen atoms in total. The van der Waals surface area contributed by atoms with Gasteiger partial charge in [-0.15, -0.1) is 0 Å². The normalized spacial score (nSPS) is 17.4. The summed E-state index contributed by atoms with van der Waals surface area (Å²) < 4.78 is 0.738. The van der Waals surface area contributed by atoms with Gasteiger partial charge < -0.3 is 10.0 Å². The quantitative estimate of drug-likeness (QED) is 0.346. The van der Waals surface area contributed by atoms with E-state index >= 15 is 0 Å². The Hall–Kier alpha value is -3.28. The molecule has 1 unspecified atom stereocenters. The minimum atomic E-state index is -1.93. The van der Waals surface area contributed by atoms with Crippen LogP contribution in [0.2, 0.25) is 0 Å². The Morgan fingerprint density at radius 2 is 1.70 bits per heavy atom. The van der Waals surface area contributed by atoms with Crippen molar-refractivity contribution in [2.24, 2.45) is 0 Å². The highest BCUT2D eigenvalue weighted by Crippen LogP contribution is 2.45. The highest BCUT2D eigenvalue weighted by Gasteiger charge is 2.51. The molecule has 1 amide bonds. The van der Waals surface area contributed by atoms with Crippen LogP contribution in [0, 0.1) is 6.92 Å². The molecule has 0 spiro atoms. The number of halogens is 1. The van der Waals surface area contributed by atoms with Crippen LogP contribution >= 0.6 is 15.9 Å². The summed E-state index contributed by atoms with van der Waals surface area (Å²) >= 11 is 3.45. The zero-order chi connectivity index (χ0) is 23.2. The van der Waals surface area contributed by atoms with Crippen molar-refractivity contribution in [3.8, 4) is 0 Å². The number of hydrogen-bond donors (Lipinski definition) is 1. The van der Waals surface area contributed by atoms with Gasteiger partial charge in [-0.2, -0.15) is 0 Å². The van der Waals surface area contributed by atoms with E-state index in [1.807, 2.05) is 79.7 Å². The number of carbonyl (C=O) groups is 2. The molecular formula is C28H22BrNO3. The first-order valence-corrected chi connectivity index (χ1v) is 11.6. The second-order valence-corrected chi connectivity index (χ2v) is 9.44. The van der Waals surface area contributed by atoms with Gasteiger partial charge in [-0.1, -0.05) is 88.2 Å². The number of amides is 1. The molecule has 0 bridgehead atoms. The number of hydrogen-bond acceptors (Lipinski definition) is 3. The summed E-state index contributed by atoms with van der Waals surface area (Å²) in [7, 11) is 0. The molecule has 0 aliphatic carbocycles. The second kappa shape index (κ2) is 8.25. The van der Waals surface area contributed by atoms with Gasteiger partial charge in [0.15, 0.2) is 11.4 Å². The van der Waals surface area contributed by atoms with Crippen molar-refractivity contribution in [2.75, 3.05) is 4.90 Å². The molecule has 1 aliphatic rings. The highest BCUT2D eigenvalue weighted by atomic mass is 79.9. The molecule has 164 valence electrons. The zero-order valence-corrected chi connectivity index (χ0v) is 19.7. The Morgan fingerprint density at radius 1 is 0.970 bits per heavy atom. The number of benzene rings is 4. The fourth-order valence-corrected chi connectivity index (χ4v) is 4.88. The van der Waals surface area contributed by atoms with Crippen LogP contribution in [-0.2, 0) is 16.9 Å². The average Bonchev–Trinajstić information content (AvgIpc) is 3.01. The lowest BCUT2D eigenvalue weighted by Crippen LogP contribution is -2.41. The third kappa shape index (κ3) is 3.77. The van der Waals surface area contributed by atoms with Crippen molar-refractivity contribution >= 4 is 44.1 Å². The van der Waals surface area contributed by atoms with Crippen molar-refractivity contribution in [3.63, 3.8) is 0 Å². The molecule has 0 fully saturated rings. The molecule has 1 heterocycles. The minimum absolute atomic E-state index is 0.272. The lowest BCUT2D eigenvalue weighted by atomic mass is 9.87. The van der Waals surface area contributed by atoms with Gasteiger partial charge in [0, 0.05) is 15.6 Å². The zero-order valence-electron chi connectivity index (χ0n) is 18.1. The number of Topliss-reactive ketones (excluding diaryl/α,β-unsaturated/α-hetero) is 1. The van der Waals surface area contributed by atoms with E-state index in [1.54, 1.807) is 17.0 Å². The highest BCUT2D eigenvalue weighted by molar-refractivity contribution is 9.10. The number of rotatable bonds is 5. The Labute approximate surface area is 200 Å². The van der Waals surface area contributed by atoms with Gasteiger partial charge in [0.2, 0.25) is 0 Å². The number of aryl methyl sites for hydroxylation is 1. The van der Waals surface area contributed by atoms with Gasteiger partial charge in [0.1, 0.15) is 0 Å². The molecular weight excluding hydrogens is 478 g/mol.